The average molecular weight is 432 g/mol. The Kier molecular flexibility index (Phi) is 5.70. The minimum Gasteiger partial charge on any atom is -0.421 e. The standard InChI is InChI=1S/C17H8Br2N2O2/c18-14-7-11(6-12(9-20)10-21)8-15(19)16(14)23-17(22)13-4-2-1-3-5-13/h1-8H. The van der Waals surface area contributed by atoms with E-state index in [9.17, 15) is 4.79 Å². The Bertz CT molecular complexity index is 823. The third kappa shape index (κ3) is 4.29. The number of allylic oxidation sites excluding steroid dienone is 1. The summed E-state index contributed by atoms with van der Waals surface area (Å²) >= 11 is 6.66. The van der Waals surface area contributed by atoms with E-state index in [1.54, 1.807) is 48.5 Å². The molecule has 2 rings (SSSR count). The molecule has 0 saturated heterocycles. The molecule has 0 aliphatic carbocycles. The number of halogens is 2. The molecule has 6 heteroatoms. The fraction of sp³-hybridized carbons (Fsp3) is 0. The Morgan fingerprint density at radius 2 is 1.61 bits per heavy atom. The van der Waals surface area contributed by atoms with Crippen LogP contribution in [0.25, 0.3) is 6.08 Å². The summed E-state index contributed by atoms with van der Waals surface area (Å²) in [5.74, 6) is -0.156. The van der Waals surface area contributed by atoms with Gasteiger partial charge in [-0.15, -0.1) is 0 Å². The third-order valence-electron chi connectivity index (χ3n) is 2.78. The molecule has 0 aliphatic heterocycles. The number of carbonyl (C=O) groups excluding carboxylic acids is 1. The van der Waals surface area contributed by atoms with E-state index in [4.69, 9.17) is 15.3 Å². The summed E-state index contributed by atoms with van der Waals surface area (Å²) < 4.78 is 6.44. The predicted molar refractivity (Wildman–Crippen MR) is 92.4 cm³/mol. The van der Waals surface area contributed by atoms with Crippen molar-refractivity contribution in [1.29, 1.82) is 10.5 Å². The Morgan fingerprint density at radius 1 is 1.04 bits per heavy atom. The lowest BCUT2D eigenvalue weighted by atomic mass is 10.1. The van der Waals surface area contributed by atoms with Gasteiger partial charge in [0.25, 0.3) is 0 Å². The number of benzene rings is 2. The van der Waals surface area contributed by atoms with Crippen LogP contribution in [-0.2, 0) is 0 Å². The number of rotatable bonds is 3. The normalized spacial score (nSPS) is 9.39. The van der Waals surface area contributed by atoms with Crippen molar-refractivity contribution in [2.45, 2.75) is 0 Å². The Labute approximate surface area is 149 Å². The van der Waals surface area contributed by atoms with Crippen LogP contribution in [0.1, 0.15) is 15.9 Å². The molecule has 0 atom stereocenters. The molecule has 23 heavy (non-hydrogen) atoms. The lowest BCUT2D eigenvalue weighted by Gasteiger charge is -2.10. The van der Waals surface area contributed by atoms with Gasteiger partial charge in [0.05, 0.1) is 14.5 Å². The van der Waals surface area contributed by atoms with E-state index in [2.05, 4.69) is 31.9 Å². The van der Waals surface area contributed by atoms with Crippen LogP contribution in [0.15, 0.2) is 57.0 Å². The number of hydrogen-bond acceptors (Lipinski definition) is 4. The van der Waals surface area contributed by atoms with Crippen LogP contribution >= 0.6 is 31.9 Å². The first-order valence-corrected chi connectivity index (χ1v) is 7.92. The van der Waals surface area contributed by atoms with Gasteiger partial charge < -0.3 is 4.74 Å². The van der Waals surface area contributed by atoms with Crippen molar-refractivity contribution < 1.29 is 9.53 Å². The molecule has 112 valence electrons. The molecule has 0 saturated carbocycles. The number of nitriles is 2. The molecular weight excluding hydrogens is 424 g/mol. The second kappa shape index (κ2) is 7.73. The molecule has 4 nitrogen and oxygen atoms in total. The lowest BCUT2D eigenvalue weighted by molar-refractivity contribution is 0.0732. The average Bonchev–Trinajstić information content (AvgIpc) is 2.56. The quantitative estimate of drug-likeness (QED) is 0.395. The van der Waals surface area contributed by atoms with Crippen LogP contribution in [0.3, 0.4) is 0 Å². The predicted octanol–water partition coefficient (Wildman–Crippen LogP) is 4.86. The van der Waals surface area contributed by atoms with Crippen molar-refractivity contribution >= 4 is 43.9 Å². The van der Waals surface area contributed by atoms with Crippen molar-refractivity contribution in [1.82, 2.24) is 0 Å². The number of nitrogens with zero attached hydrogens (tertiary/aromatic N) is 2. The van der Waals surface area contributed by atoms with Crippen LogP contribution in [-0.4, -0.2) is 5.97 Å². The highest BCUT2D eigenvalue weighted by molar-refractivity contribution is 9.11. The van der Waals surface area contributed by atoms with E-state index < -0.39 is 5.97 Å². The highest BCUT2D eigenvalue weighted by atomic mass is 79.9. The first kappa shape index (κ1) is 17.0. The summed E-state index contributed by atoms with van der Waals surface area (Å²) in [6.45, 7) is 0. The lowest BCUT2D eigenvalue weighted by Crippen LogP contribution is -2.09. The van der Waals surface area contributed by atoms with Crippen molar-refractivity contribution in [3.05, 3.63) is 68.1 Å². The Hall–Kier alpha value is -2.41. The molecule has 0 N–H and O–H groups in total. The second-order valence-electron chi connectivity index (χ2n) is 4.35. The number of hydrogen-bond donors (Lipinski definition) is 0. The summed E-state index contributed by atoms with van der Waals surface area (Å²) in [6, 6.07) is 15.5. The summed E-state index contributed by atoms with van der Waals surface area (Å²) in [5.41, 5.74) is 1.05. The summed E-state index contributed by atoms with van der Waals surface area (Å²) in [5, 5.41) is 17.6. The molecule has 0 aromatic heterocycles. The van der Waals surface area contributed by atoms with Crippen LogP contribution in [0.4, 0.5) is 0 Å². The molecule has 0 heterocycles. The van der Waals surface area contributed by atoms with E-state index in [1.165, 1.54) is 6.08 Å². The van der Waals surface area contributed by atoms with Gasteiger partial charge in [-0.3, -0.25) is 0 Å². The number of carbonyl (C=O) groups is 1. The summed E-state index contributed by atoms with van der Waals surface area (Å²) in [4.78, 5) is 12.1. The van der Waals surface area contributed by atoms with Crippen LogP contribution in [0.2, 0.25) is 0 Å². The van der Waals surface area contributed by atoms with Gasteiger partial charge in [-0.2, -0.15) is 10.5 Å². The van der Waals surface area contributed by atoms with E-state index >= 15 is 0 Å². The molecule has 0 unspecified atom stereocenters. The van der Waals surface area contributed by atoms with Crippen LogP contribution in [0.5, 0.6) is 5.75 Å². The maximum Gasteiger partial charge on any atom is 0.343 e. The highest BCUT2D eigenvalue weighted by Gasteiger charge is 2.14. The third-order valence-corrected chi connectivity index (χ3v) is 3.95. The van der Waals surface area contributed by atoms with Gasteiger partial charge in [-0.05, 0) is 67.8 Å². The SMILES string of the molecule is N#CC(C#N)=Cc1cc(Br)c(OC(=O)c2ccccc2)c(Br)c1. The van der Waals surface area contributed by atoms with E-state index in [0.29, 0.717) is 25.8 Å². The first-order valence-electron chi connectivity index (χ1n) is 6.33. The van der Waals surface area contributed by atoms with Crippen molar-refractivity contribution in [2.24, 2.45) is 0 Å². The van der Waals surface area contributed by atoms with E-state index in [-0.39, 0.29) is 5.57 Å². The number of esters is 1. The van der Waals surface area contributed by atoms with E-state index in [0.717, 1.165) is 0 Å². The van der Waals surface area contributed by atoms with Gasteiger partial charge >= 0.3 is 5.97 Å². The highest BCUT2D eigenvalue weighted by Crippen LogP contribution is 2.35. The molecule has 0 amide bonds. The van der Waals surface area contributed by atoms with Gasteiger partial charge in [-0.1, -0.05) is 18.2 Å². The minimum absolute atomic E-state index is 0.0159. The molecule has 2 aromatic carbocycles. The zero-order valence-electron chi connectivity index (χ0n) is 11.6. The molecular formula is C17H8Br2N2O2. The number of ether oxygens (including phenoxy) is 1. The molecule has 0 aliphatic rings. The molecule has 0 spiro atoms. The Morgan fingerprint density at radius 3 is 2.13 bits per heavy atom. The zero-order chi connectivity index (χ0) is 16.8. The van der Waals surface area contributed by atoms with Crippen molar-refractivity contribution in [3.8, 4) is 17.9 Å². The monoisotopic (exact) mass is 430 g/mol. The van der Waals surface area contributed by atoms with Crippen LogP contribution < -0.4 is 4.74 Å². The van der Waals surface area contributed by atoms with Gasteiger partial charge in [0.15, 0.2) is 5.75 Å². The minimum atomic E-state index is -0.481. The van der Waals surface area contributed by atoms with Gasteiger partial charge in [0.2, 0.25) is 0 Å². The van der Waals surface area contributed by atoms with Gasteiger partial charge in [0.1, 0.15) is 17.7 Å². The van der Waals surface area contributed by atoms with Gasteiger partial charge in [0, 0.05) is 0 Å². The fourth-order valence-electron chi connectivity index (χ4n) is 1.74. The Balaban J connectivity index is 2.32. The van der Waals surface area contributed by atoms with Crippen molar-refractivity contribution in [2.75, 3.05) is 0 Å². The molecule has 0 bridgehead atoms. The van der Waals surface area contributed by atoms with Crippen LogP contribution in [0, 0.1) is 22.7 Å². The smallest absolute Gasteiger partial charge is 0.343 e. The van der Waals surface area contributed by atoms with E-state index in [1.807, 2.05) is 6.07 Å². The zero-order valence-corrected chi connectivity index (χ0v) is 14.8. The fourth-order valence-corrected chi connectivity index (χ4v) is 3.13. The summed E-state index contributed by atoms with van der Waals surface area (Å²) in [7, 11) is 0. The molecule has 0 radical (unpaired) electrons. The maximum atomic E-state index is 12.1. The maximum absolute atomic E-state index is 12.1. The van der Waals surface area contributed by atoms with Crippen molar-refractivity contribution in [3.63, 3.8) is 0 Å². The molecule has 2 aromatic rings. The summed E-state index contributed by atoms with van der Waals surface area (Å²) in [6.07, 6.45) is 1.44. The first-order chi connectivity index (χ1) is 11.0. The molecule has 0 fully saturated rings. The second-order valence-corrected chi connectivity index (χ2v) is 6.06. The van der Waals surface area contributed by atoms with Gasteiger partial charge in [-0.25, -0.2) is 4.79 Å². The topological polar surface area (TPSA) is 73.9 Å². The largest absolute Gasteiger partial charge is 0.421 e.